The third-order valence-corrected chi connectivity index (χ3v) is 5.66. The zero-order valence-electron chi connectivity index (χ0n) is 18.1. The lowest BCUT2D eigenvalue weighted by atomic mass is 10.0. The summed E-state index contributed by atoms with van der Waals surface area (Å²) in [5, 5.41) is 8.97. The molecule has 0 saturated heterocycles. The number of rotatable bonds is 8. The van der Waals surface area contributed by atoms with Crippen molar-refractivity contribution < 1.29 is 19.1 Å². The second-order valence-electron chi connectivity index (χ2n) is 8.01. The number of aromatic nitrogens is 1. The molecular formula is C25H28N2O4. The summed E-state index contributed by atoms with van der Waals surface area (Å²) in [6.45, 7) is 5.95. The number of aliphatic carboxylic acids is 1. The Bertz CT molecular complexity index is 1060. The molecule has 31 heavy (non-hydrogen) atoms. The minimum atomic E-state index is -0.763. The number of oxazole rings is 1. The molecule has 1 aliphatic rings. The van der Waals surface area contributed by atoms with E-state index in [1.54, 1.807) is 0 Å². The van der Waals surface area contributed by atoms with E-state index in [1.165, 1.54) is 11.1 Å². The molecule has 1 N–H and O–H groups in total. The average Bonchev–Trinajstić information content (AvgIpc) is 3.13. The molecule has 0 spiro atoms. The summed E-state index contributed by atoms with van der Waals surface area (Å²) >= 11 is 0. The summed E-state index contributed by atoms with van der Waals surface area (Å²) < 4.78 is 11.9. The zero-order chi connectivity index (χ0) is 21.8. The van der Waals surface area contributed by atoms with Crippen molar-refractivity contribution in [3.8, 4) is 17.2 Å². The Morgan fingerprint density at radius 1 is 1.19 bits per heavy atom. The van der Waals surface area contributed by atoms with Crippen LogP contribution in [0.3, 0.4) is 0 Å². The summed E-state index contributed by atoms with van der Waals surface area (Å²) in [6, 6.07) is 14.2. The molecule has 0 fully saturated rings. The van der Waals surface area contributed by atoms with Gasteiger partial charge in [-0.15, -0.1) is 0 Å². The molecule has 2 heterocycles. The van der Waals surface area contributed by atoms with Crippen LogP contribution in [0.25, 0.3) is 11.5 Å². The number of ether oxygens (including phenoxy) is 1. The van der Waals surface area contributed by atoms with Gasteiger partial charge in [0.15, 0.2) is 0 Å². The average molecular weight is 421 g/mol. The number of hydrogen-bond donors (Lipinski definition) is 1. The molecular weight excluding hydrogens is 392 g/mol. The molecule has 1 aromatic heterocycles. The van der Waals surface area contributed by atoms with Crippen molar-refractivity contribution in [1.82, 2.24) is 4.98 Å². The number of carbonyl (C=O) groups is 1. The fourth-order valence-electron chi connectivity index (χ4n) is 3.95. The first-order valence-corrected chi connectivity index (χ1v) is 10.8. The summed E-state index contributed by atoms with van der Waals surface area (Å²) in [5.41, 5.74) is 5.43. The Labute approximate surface area is 182 Å². The Kier molecular flexibility index (Phi) is 6.26. The van der Waals surface area contributed by atoms with Crippen molar-refractivity contribution in [2.45, 2.75) is 39.5 Å². The van der Waals surface area contributed by atoms with Crippen LogP contribution in [-0.2, 0) is 17.6 Å². The Morgan fingerprint density at radius 3 is 2.77 bits per heavy atom. The highest BCUT2D eigenvalue weighted by atomic mass is 16.5. The van der Waals surface area contributed by atoms with Gasteiger partial charge in [0.05, 0.1) is 18.7 Å². The molecule has 0 amide bonds. The van der Waals surface area contributed by atoms with Crippen LogP contribution in [0.1, 0.15) is 35.4 Å². The van der Waals surface area contributed by atoms with Crippen molar-refractivity contribution in [2.24, 2.45) is 0 Å². The molecule has 0 radical (unpaired) electrons. The predicted octanol–water partition coefficient (Wildman–Crippen LogP) is 4.81. The van der Waals surface area contributed by atoms with Gasteiger partial charge in [-0.1, -0.05) is 17.7 Å². The smallest absolute Gasteiger partial charge is 0.305 e. The first-order valence-electron chi connectivity index (χ1n) is 10.8. The molecule has 6 heteroatoms. The molecule has 0 saturated carbocycles. The van der Waals surface area contributed by atoms with E-state index in [2.05, 4.69) is 35.0 Å². The number of carboxylic acid groups (broad SMARTS) is 1. The quantitative estimate of drug-likeness (QED) is 0.564. The maximum atomic E-state index is 10.9. The summed E-state index contributed by atoms with van der Waals surface area (Å²) in [4.78, 5) is 17.7. The molecule has 3 aromatic rings. The number of nitrogens with zero attached hydrogens (tertiary/aromatic N) is 2. The minimum Gasteiger partial charge on any atom is -0.493 e. The molecule has 0 unspecified atom stereocenters. The van der Waals surface area contributed by atoms with Gasteiger partial charge in [0.25, 0.3) is 0 Å². The lowest BCUT2D eigenvalue weighted by molar-refractivity contribution is -0.136. The predicted molar refractivity (Wildman–Crippen MR) is 120 cm³/mol. The van der Waals surface area contributed by atoms with Crippen molar-refractivity contribution in [3.05, 3.63) is 65.0 Å². The fourth-order valence-corrected chi connectivity index (χ4v) is 3.95. The van der Waals surface area contributed by atoms with Crippen LogP contribution in [0, 0.1) is 13.8 Å². The first-order chi connectivity index (χ1) is 15.0. The van der Waals surface area contributed by atoms with Crippen LogP contribution in [0.5, 0.6) is 5.75 Å². The number of hydrogen-bond acceptors (Lipinski definition) is 5. The second-order valence-corrected chi connectivity index (χ2v) is 8.01. The molecule has 4 rings (SSSR count). The Balaban J connectivity index is 1.37. The second kappa shape index (κ2) is 9.25. The maximum Gasteiger partial charge on any atom is 0.305 e. The molecule has 0 aliphatic carbocycles. The van der Waals surface area contributed by atoms with Gasteiger partial charge in [0, 0.05) is 30.8 Å². The topological polar surface area (TPSA) is 75.8 Å². The van der Waals surface area contributed by atoms with Gasteiger partial charge in [-0.3, -0.25) is 4.79 Å². The van der Waals surface area contributed by atoms with Crippen molar-refractivity contribution in [3.63, 3.8) is 0 Å². The van der Waals surface area contributed by atoms with Gasteiger partial charge in [0.2, 0.25) is 5.89 Å². The van der Waals surface area contributed by atoms with Gasteiger partial charge in [-0.05, 0) is 62.6 Å². The van der Waals surface area contributed by atoms with E-state index in [-0.39, 0.29) is 6.42 Å². The lowest BCUT2D eigenvalue weighted by Crippen LogP contribution is -2.31. The molecule has 6 nitrogen and oxygen atoms in total. The summed E-state index contributed by atoms with van der Waals surface area (Å²) in [7, 11) is 0. The van der Waals surface area contributed by atoms with Gasteiger partial charge in [-0.25, -0.2) is 4.98 Å². The maximum absolute atomic E-state index is 10.9. The van der Waals surface area contributed by atoms with E-state index < -0.39 is 5.97 Å². The zero-order valence-corrected chi connectivity index (χ0v) is 18.1. The highest BCUT2D eigenvalue weighted by Gasteiger charge is 2.18. The van der Waals surface area contributed by atoms with E-state index in [0.29, 0.717) is 25.5 Å². The number of benzene rings is 2. The largest absolute Gasteiger partial charge is 0.493 e. The monoisotopic (exact) mass is 420 g/mol. The Morgan fingerprint density at radius 2 is 2.00 bits per heavy atom. The first kappa shape index (κ1) is 21.0. The van der Waals surface area contributed by atoms with Crippen molar-refractivity contribution in [1.29, 1.82) is 0 Å². The standard InChI is InChI=1S/C25H28N2O4/c1-17-5-7-19(8-6-17)25-26-22(18(2)31-25)12-15-30-21-9-10-23-20(16-21)4-3-13-27(23)14-11-24(28)29/h5-10,16H,3-4,11-15H2,1-2H3,(H,28,29). The number of carboxylic acids is 1. The van der Waals surface area contributed by atoms with Crippen molar-refractivity contribution in [2.75, 3.05) is 24.6 Å². The third kappa shape index (κ3) is 5.08. The third-order valence-electron chi connectivity index (χ3n) is 5.66. The highest BCUT2D eigenvalue weighted by molar-refractivity contribution is 5.68. The van der Waals surface area contributed by atoms with E-state index in [0.717, 1.165) is 47.8 Å². The molecule has 162 valence electrons. The summed E-state index contributed by atoms with van der Waals surface area (Å²) in [5.74, 6) is 1.53. The lowest BCUT2D eigenvalue weighted by Gasteiger charge is -2.31. The number of fused-ring (bicyclic) bond motifs is 1. The molecule has 1 aliphatic heterocycles. The van der Waals surface area contributed by atoms with Gasteiger partial charge < -0.3 is 19.2 Å². The van der Waals surface area contributed by atoms with Crippen LogP contribution in [0.2, 0.25) is 0 Å². The van der Waals surface area contributed by atoms with Gasteiger partial charge in [0.1, 0.15) is 11.5 Å². The normalized spacial score (nSPS) is 13.2. The minimum absolute atomic E-state index is 0.152. The van der Waals surface area contributed by atoms with Crippen LogP contribution < -0.4 is 9.64 Å². The van der Waals surface area contributed by atoms with Crippen LogP contribution in [0.15, 0.2) is 46.9 Å². The fraction of sp³-hybridized carbons (Fsp3) is 0.360. The van der Waals surface area contributed by atoms with E-state index in [1.807, 2.05) is 31.2 Å². The van der Waals surface area contributed by atoms with Crippen LogP contribution >= 0.6 is 0 Å². The van der Waals surface area contributed by atoms with Crippen LogP contribution in [-0.4, -0.2) is 35.8 Å². The van der Waals surface area contributed by atoms with Gasteiger partial charge in [-0.2, -0.15) is 0 Å². The molecule has 0 bridgehead atoms. The van der Waals surface area contributed by atoms with Gasteiger partial charge >= 0.3 is 5.97 Å². The Hall–Kier alpha value is -3.28. The number of anilines is 1. The van der Waals surface area contributed by atoms with Crippen molar-refractivity contribution >= 4 is 11.7 Å². The van der Waals surface area contributed by atoms with Crippen LogP contribution in [0.4, 0.5) is 5.69 Å². The SMILES string of the molecule is Cc1ccc(-c2nc(CCOc3ccc4c(c3)CCCN4CCC(=O)O)c(C)o2)cc1. The number of aryl methyl sites for hydroxylation is 3. The molecule has 2 aromatic carbocycles. The highest BCUT2D eigenvalue weighted by Crippen LogP contribution is 2.31. The molecule has 0 atom stereocenters. The van der Waals surface area contributed by atoms with E-state index in [9.17, 15) is 4.79 Å². The van der Waals surface area contributed by atoms with E-state index in [4.69, 9.17) is 14.3 Å². The van der Waals surface area contributed by atoms with E-state index >= 15 is 0 Å². The summed E-state index contributed by atoms with van der Waals surface area (Å²) in [6.07, 6.45) is 2.83.